The lowest BCUT2D eigenvalue weighted by Gasteiger charge is -2.29. The van der Waals surface area contributed by atoms with Crippen LogP contribution in [0.5, 0.6) is 0 Å². The van der Waals surface area contributed by atoms with Gasteiger partial charge in [-0.15, -0.1) is 0 Å². The maximum Gasteiger partial charge on any atom is 0.193 e. The van der Waals surface area contributed by atoms with Crippen LogP contribution < -0.4 is 4.48 Å². The third-order valence-corrected chi connectivity index (χ3v) is 4.29. The van der Waals surface area contributed by atoms with Crippen LogP contribution in [0.25, 0.3) is 0 Å². The molecule has 0 spiro atoms. The highest BCUT2D eigenvalue weighted by molar-refractivity contribution is 6.08. The van der Waals surface area contributed by atoms with Gasteiger partial charge in [0.25, 0.3) is 0 Å². The van der Waals surface area contributed by atoms with Crippen molar-refractivity contribution in [1.82, 2.24) is 4.48 Å². The van der Waals surface area contributed by atoms with Crippen molar-refractivity contribution in [3.05, 3.63) is 102 Å². The molecule has 0 aliphatic carbocycles. The summed E-state index contributed by atoms with van der Waals surface area (Å²) in [6, 6.07) is 27.8. The van der Waals surface area contributed by atoms with E-state index in [0.717, 1.165) is 22.2 Å². The Kier molecular flexibility index (Phi) is 4.59. The van der Waals surface area contributed by atoms with E-state index in [1.165, 1.54) is 11.3 Å². The van der Waals surface area contributed by atoms with Gasteiger partial charge < -0.3 is 0 Å². The first kappa shape index (κ1) is 16.2. The summed E-state index contributed by atoms with van der Waals surface area (Å²) >= 11 is 0. The normalized spacial score (nSPS) is 11.2. The molecule has 0 aliphatic rings. The average Bonchev–Trinajstić information content (AvgIpc) is 2.63. The van der Waals surface area contributed by atoms with Gasteiger partial charge in [-0.2, -0.15) is 0 Å². The molecule has 3 aromatic carbocycles. The molecule has 0 N–H and O–H groups in total. The SMILES string of the molecule is C[N+](C)(Cc1ccc(C(=O)c2ccccc2)cc1)c1ccccc1. The van der Waals surface area contributed by atoms with E-state index in [0.29, 0.717) is 0 Å². The van der Waals surface area contributed by atoms with Gasteiger partial charge in [0.1, 0.15) is 12.2 Å². The summed E-state index contributed by atoms with van der Waals surface area (Å²) < 4.78 is 0.771. The smallest absolute Gasteiger partial charge is 0.193 e. The monoisotopic (exact) mass is 316 g/mol. The van der Waals surface area contributed by atoms with Gasteiger partial charge >= 0.3 is 0 Å². The number of para-hydroxylation sites is 1. The largest absolute Gasteiger partial charge is 0.292 e. The van der Waals surface area contributed by atoms with Gasteiger partial charge in [0.2, 0.25) is 0 Å². The molecule has 2 nitrogen and oxygen atoms in total. The minimum absolute atomic E-state index is 0.0685. The van der Waals surface area contributed by atoms with E-state index in [2.05, 4.69) is 50.5 Å². The van der Waals surface area contributed by atoms with E-state index in [9.17, 15) is 4.79 Å². The quantitative estimate of drug-likeness (QED) is 0.493. The highest BCUT2D eigenvalue weighted by Crippen LogP contribution is 2.22. The zero-order chi connectivity index (χ0) is 17.0. The molecule has 0 heterocycles. The standard InChI is InChI=1S/C22H22NO/c1-23(2,21-11-7-4-8-12-21)17-18-13-15-20(16-14-18)22(24)19-9-5-3-6-10-19/h3-16H,17H2,1-2H3/q+1. The van der Waals surface area contributed by atoms with Crippen LogP contribution >= 0.6 is 0 Å². The van der Waals surface area contributed by atoms with Crippen molar-refractivity contribution >= 4 is 11.5 Å². The van der Waals surface area contributed by atoms with E-state index in [4.69, 9.17) is 0 Å². The van der Waals surface area contributed by atoms with E-state index < -0.39 is 0 Å². The van der Waals surface area contributed by atoms with Gasteiger partial charge in [0.15, 0.2) is 5.78 Å². The van der Waals surface area contributed by atoms with E-state index in [-0.39, 0.29) is 5.78 Å². The predicted octanol–water partition coefficient (Wildman–Crippen LogP) is 4.68. The van der Waals surface area contributed by atoms with Crippen molar-refractivity contribution in [1.29, 1.82) is 0 Å². The predicted molar refractivity (Wildman–Crippen MR) is 100 cm³/mol. The first-order valence-corrected chi connectivity index (χ1v) is 8.13. The zero-order valence-corrected chi connectivity index (χ0v) is 14.1. The molecular formula is C22H22NO+. The molecule has 24 heavy (non-hydrogen) atoms. The van der Waals surface area contributed by atoms with Gasteiger partial charge in [-0.05, 0) is 12.1 Å². The minimum Gasteiger partial charge on any atom is -0.292 e. The fourth-order valence-corrected chi connectivity index (χ4v) is 2.90. The van der Waals surface area contributed by atoms with E-state index in [1.807, 2.05) is 48.5 Å². The Morgan fingerprint density at radius 2 is 1.21 bits per heavy atom. The second-order valence-electron chi connectivity index (χ2n) is 6.57. The molecule has 0 aliphatic heterocycles. The highest BCUT2D eigenvalue weighted by Gasteiger charge is 2.19. The van der Waals surface area contributed by atoms with Gasteiger partial charge in [0, 0.05) is 16.7 Å². The average molecular weight is 316 g/mol. The Balaban J connectivity index is 1.77. The zero-order valence-electron chi connectivity index (χ0n) is 14.1. The van der Waals surface area contributed by atoms with Crippen molar-refractivity contribution in [2.24, 2.45) is 0 Å². The van der Waals surface area contributed by atoms with Crippen LogP contribution in [-0.2, 0) is 6.54 Å². The van der Waals surface area contributed by atoms with Gasteiger partial charge in [-0.3, -0.25) is 9.28 Å². The molecule has 0 amide bonds. The molecule has 0 radical (unpaired) electrons. The van der Waals surface area contributed by atoms with Crippen LogP contribution in [0, 0.1) is 0 Å². The minimum atomic E-state index is 0.0685. The molecule has 120 valence electrons. The number of carbonyl (C=O) groups is 1. The molecule has 0 unspecified atom stereocenters. The van der Waals surface area contributed by atoms with Crippen molar-refractivity contribution in [2.45, 2.75) is 6.54 Å². The summed E-state index contributed by atoms with van der Waals surface area (Å²) in [6.45, 7) is 0.879. The number of hydrogen-bond donors (Lipinski definition) is 0. The summed E-state index contributed by atoms with van der Waals surface area (Å²) in [5, 5.41) is 0. The van der Waals surface area contributed by atoms with Gasteiger partial charge in [-0.1, -0.05) is 72.8 Å². The summed E-state index contributed by atoms with van der Waals surface area (Å²) in [4.78, 5) is 12.5. The number of carbonyl (C=O) groups excluding carboxylic acids is 1. The Hall–Kier alpha value is -2.71. The Labute approximate surface area is 143 Å². The van der Waals surface area contributed by atoms with Crippen molar-refractivity contribution in [3.8, 4) is 0 Å². The third-order valence-electron chi connectivity index (χ3n) is 4.29. The first-order chi connectivity index (χ1) is 11.6. The second-order valence-corrected chi connectivity index (χ2v) is 6.57. The number of hydrogen-bond acceptors (Lipinski definition) is 1. The highest BCUT2D eigenvalue weighted by atomic mass is 16.1. The van der Waals surface area contributed by atoms with Crippen molar-refractivity contribution < 1.29 is 4.79 Å². The van der Waals surface area contributed by atoms with Crippen molar-refractivity contribution in [2.75, 3.05) is 14.1 Å². The van der Waals surface area contributed by atoms with Crippen LogP contribution in [0.2, 0.25) is 0 Å². The van der Waals surface area contributed by atoms with E-state index in [1.54, 1.807) is 0 Å². The number of rotatable bonds is 5. The Bertz CT molecular complexity index is 806. The molecule has 3 aromatic rings. The first-order valence-electron chi connectivity index (χ1n) is 8.13. The Morgan fingerprint density at radius 1 is 0.708 bits per heavy atom. The lowest BCUT2D eigenvalue weighted by molar-refractivity contribution is 0.103. The number of nitrogens with zero attached hydrogens (tertiary/aromatic N) is 1. The van der Waals surface area contributed by atoms with Crippen LogP contribution in [-0.4, -0.2) is 19.9 Å². The van der Waals surface area contributed by atoms with Gasteiger partial charge in [-0.25, -0.2) is 0 Å². The lowest BCUT2D eigenvalue weighted by atomic mass is 10.0. The number of benzene rings is 3. The van der Waals surface area contributed by atoms with Crippen LogP contribution in [0.4, 0.5) is 5.69 Å². The topological polar surface area (TPSA) is 17.1 Å². The second kappa shape index (κ2) is 6.81. The molecule has 0 atom stereocenters. The molecule has 0 fully saturated rings. The van der Waals surface area contributed by atoms with E-state index >= 15 is 0 Å². The molecular weight excluding hydrogens is 294 g/mol. The molecule has 0 aromatic heterocycles. The van der Waals surface area contributed by atoms with Gasteiger partial charge in [0.05, 0.1) is 14.1 Å². The molecule has 2 heteroatoms. The summed E-state index contributed by atoms with van der Waals surface area (Å²) in [5.41, 5.74) is 3.94. The molecule has 0 bridgehead atoms. The summed E-state index contributed by atoms with van der Waals surface area (Å²) in [7, 11) is 4.39. The molecule has 0 saturated heterocycles. The fraction of sp³-hybridized carbons (Fsp3) is 0.136. The maximum atomic E-state index is 12.5. The molecule has 3 rings (SSSR count). The van der Waals surface area contributed by atoms with Crippen molar-refractivity contribution in [3.63, 3.8) is 0 Å². The Morgan fingerprint density at radius 3 is 1.79 bits per heavy atom. The third kappa shape index (κ3) is 3.61. The number of quaternary nitrogens is 1. The lowest BCUT2D eigenvalue weighted by Crippen LogP contribution is -2.39. The van der Waals surface area contributed by atoms with Crippen LogP contribution in [0.3, 0.4) is 0 Å². The molecule has 0 saturated carbocycles. The summed E-state index contributed by atoms with van der Waals surface area (Å²) in [5.74, 6) is 0.0685. The van der Waals surface area contributed by atoms with Crippen LogP contribution in [0.15, 0.2) is 84.9 Å². The van der Waals surface area contributed by atoms with Crippen LogP contribution in [0.1, 0.15) is 21.5 Å². The number of ketones is 1. The fourth-order valence-electron chi connectivity index (χ4n) is 2.90. The summed E-state index contributed by atoms with van der Waals surface area (Å²) in [6.07, 6.45) is 0. The maximum absolute atomic E-state index is 12.5.